The Balaban J connectivity index is 0.00000512. The number of aromatic nitrogens is 1. The van der Waals surface area contributed by atoms with E-state index in [2.05, 4.69) is 25.9 Å². The van der Waals surface area contributed by atoms with Crippen LogP contribution in [0.3, 0.4) is 0 Å². The molecule has 3 N–H and O–H groups in total. The number of benzene rings is 1. The molecule has 8 nitrogen and oxygen atoms in total. The predicted molar refractivity (Wildman–Crippen MR) is 139 cm³/mol. The molecular formula is C23H34IN5O3. The van der Waals surface area contributed by atoms with Gasteiger partial charge in [-0.3, -0.25) is 4.79 Å². The van der Waals surface area contributed by atoms with Gasteiger partial charge in [0.2, 0.25) is 11.8 Å². The largest absolute Gasteiger partial charge is 0.491 e. The van der Waals surface area contributed by atoms with Crippen LogP contribution in [0.1, 0.15) is 40.3 Å². The molecule has 0 saturated heterocycles. The molecule has 2 rings (SSSR count). The highest BCUT2D eigenvalue weighted by Crippen LogP contribution is 2.17. The van der Waals surface area contributed by atoms with Gasteiger partial charge in [0.15, 0.2) is 5.96 Å². The zero-order chi connectivity index (χ0) is 22.9. The Bertz CT molecular complexity index is 880. The summed E-state index contributed by atoms with van der Waals surface area (Å²) in [5.74, 6) is 1.66. The summed E-state index contributed by atoms with van der Waals surface area (Å²) >= 11 is 0. The van der Waals surface area contributed by atoms with E-state index in [4.69, 9.17) is 9.47 Å². The van der Waals surface area contributed by atoms with Crippen molar-refractivity contribution >= 4 is 41.5 Å². The van der Waals surface area contributed by atoms with Crippen LogP contribution in [0.15, 0.2) is 47.5 Å². The molecule has 0 bridgehead atoms. The second-order valence-corrected chi connectivity index (χ2v) is 8.30. The maximum Gasteiger partial charge on any atom is 0.239 e. The summed E-state index contributed by atoms with van der Waals surface area (Å²) in [5.41, 5.74) is 1.26. The number of anilines is 1. The fraction of sp³-hybridized carbons (Fsp3) is 0.435. The number of pyridine rings is 1. The standard InChI is InChI=1S/C23H33N5O3.HI/c1-16(2)31-19-12-10-17(11-13-19)27-22(25-15-20(29)28-23(3,4)5)24-14-18-8-7-9-21(26-18)30-6;/h7-13,16H,14-15H2,1-6H3,(H,28,29)(H2,24,25,27);1H. The molecular weight excluding hydrogens is 521 g/mol. The topological polar surface area (TPSA) is 96.9 Å². The van der Waals surface area contributed by atoms with Gasteiger partial charge in [0.25, 0.3) is 0 Å². The third-order valence-electron chi connectivity index (χ3n) is 3.81. The minimum Gasteiger partial charge on any atom is -0.491 e. The quantitative estimate of drug-likeness (QED) is 0.259. The van der Waals surface area contributed by atoms with Crippen LogP contribution >= 0.6 is 24.0 Å². The second kappa shape index (κ2) is 13.1. The summed E-state index contributed by atoms with van der Waals surface area (Å²) in [6, 6.07) is 13.1. The monoisotopic (exact) mass is 555 g/mol. The lowest BCUT2D eigenvalue weighted by Gasteiger charge is -2.21. The first-order chi connectivity index (χ1) is 14.6. The SMILES string of the molecule is COc1cccc(CN=C(NCC(=O)NC(C)(C)C)Nc2ccc(OC(C)C)cc2)n1.I. The van der Waals surface area contributed by atoms with E-state index in [1.54, 1.807) is 13.2 Å². The van der Waals surface area contributed by atoms with Crippen molar-refractivity contribution in [2.24, 2.45) is 4.99 Å². The smallest absolute Gasteiger partial charge is 0.239 e. The molecule has 1 aromatic carbocycles. The van der Waals surface area contributed by atoms with E-state index in [1.807, 2.05) is 71.0 Å². The Morgan fingerprint density at radius 2 is 1.81 bits per heavy atom. The van der Waals surface area contributed by atoms with Gasteiger partial charge >= 0.3 is 0 Å². The second-order valence-electron chi connectivity index (χ2n) is 8.30. The van der Waals surface area contributed by atoms with Crippen molar-refractivity contribution in [1.29, 1.82) is 0 Å². The van der Waals surface area contributed by atoms with Crippen LogP contribution in [0.25, 0.3) is 0 Å². The number of carbonyl (C=O) groups is 1. The van der Waals surface area contributed by atoms with E-state index in [9.17, 15) is 4.79 Å². The molecule has 0 aliphatic carbocycles. The summed E-state index contributed by atoms with van der Waals surface area (Å²) in [6.07, 6.45) is 0.106. The van der Waals surface area contributed by atoms with E-state index in [-0.39, 0.29) is 48.1 Å². The molecule has 0 aliphatic rings. The predicted octanol–water partition coefficient (Wildman–Crippen LogP) is 3.97. The van der Waals surface area contributed by atoms with Crippen LogP contribution in [-0.4, -0.2) is 42.1 Å². The number of aliphatic imine (C=N–C) groups is 1. The number of ether oxygens (including phenoxy) is 2. The van der Waals surface area contributed by atoms with Crippen molar-refractivity contribution in [3.8, 4) is 11.6 Å². The fourth-order valence-corrected chi connectivity index (χ4v) is 2.61. The Kier molecular flexibility index (Phi) is 11.2. The van der Waals surface area contributed by atoms with Crippen LogP contribution in [0, 0.1) is 0 Å². The Labute approximate surface area is 207 Å². The van der Waals surface area contributed by atoms with Crippen molar-refractivity contribution in [2.75, 3.05) is 19.0 Å². The number of guanidine groups is 1. The highest BCUT2D eigenvalue weighted by Gasteiger charge is 2.14. The van der Waals surface area contributed by atoms with Gasteiger partial charge in [-0.05, 0) is 65.0 Å². The van der Waals surface area contributed by atoms with E-state index in [1.165, 1.54) is 0 Å². The van der Waals surface area contributed by atoms with E-state index < -0.39 is 0 Å². The average molecular weight is 555 g/mol. The first-order valence-corrected chi connectivity index (χ1v) is 10.3. The van der Waals surface area contributed by atoms with E-state index in [0.717, 1.165) is 17.1 Å². The van der Waals surface area contributed by atoms with Gasteiger partial charge in [-0.2, -0.15) is 0 Å². The number of halogens is 1. The van der Waals surface area contributed by atoms with Crippen molar-refractivity contribution < 1.29 is 14.3 Å². The number of nitrogens with zero attached hydrogens (tertiary/aromatic N) is 2. The molecule has 176 valence electrons. The highest BCUT2D eigenvalue weighted by atomic mass is 127. The summed E-state index contributed by atoms with van der Waals surface area (Å²) in [6.45, 7) is 10.2. The molecule has 1 aromatic heterocycles. The zero-order valence-corrected chi connectivity index (χ0v) is 21.9. The molecule has 0 unspecified atom stereocenters. The average Bonchev–Trinajstić information content (AvgIpc) is 2.70. The van der Waals surface area contributed by atoms with Crippen LogP contribution in [0.5, 0.6) is 11.6 Å². The van der Waals surface area contributed by atoms with Crippen LogP contribution in [0.2, 0.25) is 0 Å². The zero-order valence-electron chi connectivity index (χ0n) is 19.6. The van der Waals surface area contributed by atoms with E-state index in [0.29, 0.717) is 18.4 Å². The number of hydrogen-bond donors (Lipinski definition) is 3. The van der Waals surface area contributed by atoms with Gasteiger partial charge in [0.1, 0.15) is 5.75 Å². The number of nitrogens with one attached hydrogen (secondary N) is 3. The maximum atomic E-state index is 12.2. The van der Waals surface area contributed by atoms with Gasteiger partial charge in [-0.25, -0.2) is 9.98 Å². The Hall–Kier alpha value is -2.56. The van der Waals surface area contributed by atoms with Crippen molar-refractivity contribution in [1.82, 2.24) is 15.6 Å². The lowest BCUT2D eigenvalue weighted by atomic mass is 10.1. The fourth-order valence-electron chi connectivity index (χ4n) is 2.61. The molecule has 0 aliphatic heterocycles. The first kappa shape index (κ1) is 27.5. The molecule has 2 aromatic rings. The normalized spacial score (nSPS) is 11.4. The van der Waals surface area contributed by atoms with Gasteiger partial charge in [-0.15, -0.1) is 24.0 Å². The van der Waals surface area contributed by atoms with Gasteiger partial charge in [-0.1, -0.05) is 6.07 Å². The summed E-state index contributed by atoms with van der Waals surface area (Å²) in [7, 11) is 1.57. The van der Waals surface area contributed by atoms with Crippen molar-refractivity contribution in [3.63, 3.8) is 0 Å². The number of rotatable bonds is 8. The minimum absolute atomic E-state index is 0. The van der Waals surface area contributed by atoms with Crippen molar-refractivity contribution in [2.45, 2.75) is 52.8 Å². The molecule has 0 radical (unpaired) electrons. The first-order valence-electron chi connectivity index (χ1n) is 10.3. The summed E-state index contributed by atoms with van der Waals surface area (Å²) < 4.78 is 10.8. The van der Waals surface area contributed by atoms with Crippen LogP contribution in [-0.2, 0) is 11.3 Å². The summed E-state index contributed by atoms with van der Waals surface area (Å²) in [4.78, 5) is 21.2. The molecule has 0 fully saturated rings. The number of carbonyl (C=O) groups excluding carboxylic acids is 1. The van der Waals surface area contributed by atoms with Gasteiger partial charge in [0, 0.05) is 17.3 Å². The lowest BCUT2D eigenvalue weighted by molar-refractivity contribution is -0.121. The highest BCUT2D eigenvalue weighted by molar-refractivity contribution is 14.0. The van der Waals surface area contributed by atoms with Crippen LogP contribution in [0.4, 0.5) is 5.69 Å². The van der Waals surface area contributed by atoms with Gasteiger partial charge in [0.05, 0.1) is 32.0 Å². The molecule has 0 spiro atoms. The Morgan fingerprint density at radius 1 is 1.12 bits per heavy atom. The van der Waals surface area contributed by atoms with Crippen LogP contribution < -0.4 is 25.4 Å². The minimum atomic E-state index is -0.305. The van der Waals surface area contributed by atoms with Gasteiger partial charge < -0.3 is 25.4 Å². The summed E-state index contributed by atoms with van der Waals surface area (Å²) in [5, 5.41) is 9.22. The number of amides is 1. The molecule has 1 amide bonds. The van der Waals surface area contributed by atoms with Crippen molar-refractivity contribution in [3.05, 3.63) is 48.2 Å². The number of methoxy groups -OCH3 is 1. The number of hydrogen-bond acceptors (Lipinski definition) is 5. The lowest BCUT2D eigenvalue weighted by Crippen LogP contribution is -2.46. The molecule has 9 heteroatoms. The Morgan fingerprint density at radius 3 is 2.41 bits per heavy atom. The van der Waals surface area contributed by atoms with E-state index >= 15 is 0 Å². The molecule has 0 saturated carbocycles. The molecule has 32 heavy (non-hydrogen) atoms. The molecule has 1 heterocycles. The third-order valence-corrected chi connectivity index (χ3v) is 3.81. The third kappa shape index (κ3) is 10.7. The maximum absolute atomic E-state index is 12.2. The molecule has 0 atom stereocenters.